The van der Waals surface area contributed by atoms with E-state index >= 15 is 0 Å². The van der Waals surface area contributed by atoms with Crippen LogP contribution < -0.4 is 27.4 Å². The van der Waals surface area contributed by atoms with Crippen molar-refractivity contribution in [2.75, 3.05) is 0 Å². The fraction of sp³-hybridized carbons (Fsp3) is 0.533. The largest absolute Gasteiger partial charge is 0.481 e. The average molecular weight is 433 g/mol. The summed E-state index contributed by atoms with van der Waals surface area (Å²) >= 11 is 0. The second-order valence-electron chi connectivity index (χ2n) is 6.18. The lowest BCUT2D eigenvalue weighted by Gasteiger charge is -2.23. The van der Waals surface area contributed by atoms with E-state index in [-0.39, 0.29) is 0 Å². The van der Waals surface area contributed by atoms with Gasteiger partial charge in [-0.3, -0.25) is 28.8 Å². The van der Waals surface area contributed by atoms with E-state index in [1.54, 1.807) is 0 Å². The second-order valence-corrected chi connectivity index (χ2v) is 6.18. The maximum Gasteiger partial charge on any atom is 0.326 e. The number of rotatable bonds is 13. The maximum atomic E-state index is 12.4. The fourth-order valence-corrected chi connectivity index (χ4v) is 2.02. The summed E-state index contributed by atoms with van der Waals surface area (Å²) in [4.78, 5) is 80.2. The molecule has 4 atom stereocenters. The van der Waals surface area contributed by atoms with E-state index < -0.39 is 85.0 Å². The van der Waals surface area contributed by atoms with Crippen molar-refractivity contribution < 1.29 is 48.9 Å². The van der Waals surface area contributed by atoms with Crippen LogP contribution in [-0.4, -0.2) is 81.0 Å². The molecular formula is C15H23N5O10. The van der Waals surface area contributed by atoms with Crippen molar-refractivity contribution >= 4 is 41.5 Å². The molecule has 15 nitrogen and oxygen atoms in total. The molecule has 0 aliphatic heterocycles. The molecule has 168 valence electrons. The molecule has 0 spiro atoms. The summed E-state index contributed by atoms with van der Waals surface area (Å²) in [7, 11) is 0. The van der Waals surface area contributed by atoms with Gasteiger partial charge < -0.3 is 42.7 Å². The van der Waals surface area contributed by atoms with Crippen molar-refractivity contribution in [1.82, 2.24) is 16.0 Å². The van der Waals surface area contributed by atoms with Crippen LogP contribution in [0.15, 0.2) is 0 Å². The summed E-state index contributed by atoms with van der Waals surface area (Å²) in [5.74, 6) is -9.14. The molecule has 0 heterocycles. The standard InChI is InChI=1S/C15H23N5O10/c1-5(16)12(26)18-7(3-10(22)23)14(28)19-6(2-9(17)21)13(27)20-8(15(29)30)4-11(24)25/h5-8H,2-4,16H2,1H3,(H2,17,21)(H,18,26)(H,19,28)(H,20,27)(H,22,23)(H,24,25)(H,29,30). The van der Waals surface area contributed by atoms with E-state index in [0.717, 1.165) is 0 Å². The minimum absolute atomic E-state index is 0.821. The highest BCUT2D eigenvalue weighted by Gasteiger charge is 2.32. The number of carboxylic acid groups (broad SMARTS) is 3. The Morgan fingerprint density at radius 3 is 1.43 bits per heavy atom. The van der Waals surface area contributed by atoms with Gasteiger partial charge in [-0.25, -0.2) is 4.79 Å². The molecular weight excluding hydrogens is 410 g/mol. The molecule has 0 fully saturated rings. The van der Waals surface area contributed by atoms with Crippen molar-refractivity contribution in [2.45, 2.75) is 50.4 Å². The van der Waals surface area contributed by atoms with Crippen LogP contribution in [0.2, 0.25) is 0 Å². The normalized spacial score (nSPS) is 14.3. The Labute approximate surface area is 169 Å². The number of carboxylic acids is 3. The highest BCUT2D eigenvalue weighted by Crippen LogP contribution is 2.01. The molecule has 0 aromatic carbocycles. The van der Waals surface area contributed by atoms with Gasteiger partial charge in [-0.1, -0.05) is 0 Å². The first kappa shape index (κ1) is 26.2. The van der Waals surface area contributed by atoms with Crippen LogP contribution in [-0.2, 0) is 33.6 Å². The smallest absolute Gasteiger partial charge is 0.326 e. The van der Waals surface area contributed by atoms with Crippen LogP contribution >= 0.6 is 0 Å². The lowest BCUT2D eigenvalue weighted by atomic mass is 10.1. The molecule has 30 heavy (non-hydrogen) atoms. The van der Waals surface area contributed by atoms with E-state index in [4.69, 9.17) is 26.8 Å². The van der Waals surface area contributed by atoms with Crippen LogP contribution in [0.3, 0.4) is 0 Å². The summed E-state index contributed by atoms with van der Waals surface area (Å²) in [6.45, 7) is 1.27. The Bertz CT molecular complexity index is 723. The Hall–Kier alpha value is -3.75. The molecule has 0 saturated heterocycles. The zero-order valence-corrected chi connectivity index (χ0v) is 15.8. The molecule has 4 amide bonds. The van der Waals surface area contributed by atoms with Crippen LogP contribution in [0.25, 0.3) is 0 Å². The topological polar surface area (TPSA) is 268 Å². The lowest BCUT2D eigenvalue weighted by molar-refractivity contribution is -0.147. The monoisotopic (exact) mass is 433 g/mol. The van der Waals surface area contributed by atoms with Crippen molar-refractivity contribution in [3.8, 4) is 0 Å². The molecule has 0 aromatic heterocycles. The van der Waals surface area contributed by atoms with Gasteiger partial charge in [-0.15, -0.1) is 0 Å². The minimum atomic E-state index is -1.88. The van der Waals surface area contributed by atoms with Gasteiger partial charge >= 0.3 is 17.9 Å². The minimum Gasteiger partial charge on any atom is -0.481 e. The van der Waals surface area contributed by atoms with E-state index in [1.807, 2.05) is 10.6 Å². The number of nitrogens with two attached hydrogens (primary N) is 2. The number of carbonyl (C=O) groups excluding carboxylic acids is 4. The number of amides is 4. The first-order valence-electron chi connectivity index (χ1n) is 8.36. The third-order valence-electron chi connectivity index (χ3n) is 3.46. The van der Waals surface area contributed by atoms with Crippen LogP contribution in [0.5, 0.6) is 0 Å². The Morgan fingerprint density at radius 2 is 1.07 bits per heavy atom. The zero-order valence-electron chi connectivity index (χ0n) is 15.8. The van der Waals surface area contributed by atoms with Gasteiger partial charge in [0.2, 0.25) is 23.6 Å². The molecule has 0 rings (SSSR count). The highest BCUT2D eigenvalue weighted by molar-refractivity contribution is 5.97. The SMILES string of the molecule is CC(N)C(=O)NC(CC(=O)O)C(=O)NC(CC(N)=O)C(=O)NC(CC(=O)O)C(=O)O. The number of aliphatic carboxylic acids is 3. The van der Waals surface area contributed by atoms with Gasteiger partial charge in [0.05, 0.1) is 25.3 Å². The third kappa shape index (κ3) is 9.98. The summed E-state index contributed by atoms with van der Waals surface area (Å²) in [5, 5.41) is 32.4. The number of hydrogen-bond acceptors (Lipinski definition) is 8. The highest BCUT2D eigenvalue weighted by atomic mass is 16.4. The van der Waals surface area contributed by atoms with Gasteiger partial charge in [0, 0.05) is 0 Å². The summed E-state index contributed by atoms with van der Waals surface area (Å²) in [5.41, 5.74) is 10.3. The van der Waals surface area contributed by atoms with Crippen molar-refractivity contribution in [2.24, 2.45) is 11.5 Å². The molecule has 0 radical (unpaired) electrons. The van der Waals surface area contributed by atoms with Gasteiger partial charge in [0.25, 0.3) is 0 Å². The molecule has 0 saturated carbocycles. The predicted octanol–water partition coefficient (Wildman–Crippen LogP) is -4.30. The van der Waals surface area contributed by atoms with E-state index in [2.05, 4.69) is 5.32 Å². The van der Waals surface area contributed by atoms with Crippen molar-refractivity contribution in [1.29, 1.82) is 0 Å². The fourth-order valence-electron chi connectivity index (χ4n) is 2.02. The Balaban J connectivity index is 5.50. The molecule has 0 aliphatic carbocycles. The molecule has 10 N–H and O–H groups in total. The van der Waals surface area contributed by atoms with Gasteiger partial charge in [0.15, 0.2) is 0 Å². The van der Waals surface area contributed by atoms with Crippen LogP contribution in [0.4, 0.5) is 0 Å². The Morgan fingerprint density at radius 1 is 0.700 bits per heavy atom. The van der Waals surface area contributed by atoms with Gasteiger partial charge in [0.1, 0.15) is 18.1 Å². The van der Waals surface area contributed by atoms with E-state index in [9.17, 15) is 33.6 Å². The number of nitrogens with one attached hydrogen (secondary N) is 3. The van der Waals surface area contributed by atoms with Crippen LogP contribution in [0, 0.1) is 0 Å². The first-order valence-corrected chi connectivity index (χ1v) is 8.36. The summed E-state index contributed by atoms with van der Waals surface area (Å²) < 4.78 is 0. The van der Waals surface area contributed by atoms with Crippen molar-refractivity contribution in [3.05, 3.63) is 0 Å². The average Bonchev–Trinajstić information content (AvgIpc) is 2.58. The quantitative estimate of drug-likeness (QED) is 0.137. The second kappa shape index (κ2) is 11.9. The number of hydrogen-bond donors (Lipinski definition) is 8. The first-order chi connectivity index (χ1) is 13.7. The van der Waals surface area contributed by atoms with E-state index in [1.165, 1.54) is 6.92 Å². The number of carbonyl (C=O) groups is 7. The lowest BCUT2D eigenvalue weighted by Crippen LogP contribution is -2.58. The Kier molecular flexibility index (Phi) is 10.5. The molecule has 4 unspecified atom stereocenters. The summed E-state index contributed by atoms with van der Waals surface area (Å²) in [6.07, 6.45) is -2.71. The molecule has 0 aromatic rings. The van der Waals surface area contributed by atoms with Crippen LogP contribution in [0.1, 0.15) is 26.2 Å². The molecule has 0 aliphatic rings. The maximum absolute atomic E-state index is 12.4. The molecule has 0 bridgehead atoms. The van der Waals surface area contributed by atoms with E-state index in [0.29, 0.717) is 0 Å². The number of primary amides is 1. The van der Waals surface area contributed by atoms with Gasteiger partial charge in [-0.2, -0.15) is 0 Å². The van der Waals surface area contributed by atoms with Crippen molar-refractivity contribution in [3.63, 3.8) is 0 Å². The zero-order chi connectivity index (χ0) is 23.6. The summed E-state index contributed by atoms with van der Waals surface area (Å²) in [6, 6.07) is -6.42. The predicted molar refractivity (Wildman–Crippen MR) is 95.4 cm³/mol. The van der Waals surface area contributed by atoms with Gasteiger partial charge in [-0.05, 0) is 6.92 Å². The molecule has 15 heteroatoms. The third-order valence-corrected chi connectivity index (χ3v) is 3.46.